The van der Waals surface area contributed by atoms with Crippen LogP contribution in [0.2, 0.25) is 0 Å². The second-order valence-electron chi connectivity index (χ2n) is 5.27. The normalized spacial score (nSPS) is 19.6. The molecule has 0 radical (unpaired) electrons. The van der Waals surface area contributed by atoms with Crippen LogP contribution in [-0.2, 0) is 9.53 Å². The summed E-state index contributed by atoms with van der Waals surface area (Å²) in [6, 6.07) is -0.485. The Morgan fingerprint density at radius 3 is 2.85 bits per heavy atom. The summed E-state index contributed by atoms with van der Waals surface area (Å²) in [5, 5.41) is 6.00. The molecule has 0 saturated carbocycles. The third kappa shape index (κ3) is 3.77. The first kappa shape index (κ1) is 15.4. The second kappa shape index (κ2) is 7.15. The maximum absolute atomic E-state index is 12.3. The van der Waals surface area contributed by atoms with E-state index in [2.05, 4.69) is 10.3 Å². The summed E-state index contributed by atoms with van der Waals surface area (Å²) in [5.41, 5.74) is 7.09. The molecule has 2 heterocycles. The van der Waals surface area contributed by atoms with E-state index in [9.17, 15) is 4.79 Å². The number of carbonyl (C=O) groups excluding carboxylic acids is 1. The van der Waals surface area contributed by atoms with Gasteiger partial charge >= 0.3 is 0 Å². The van der Waals surface area contributed by atoms with Crippen LogP contribution < -0.4 is 11.1 Å². The molecule has 5 nitrogen and oxygen atoms in total. The summed E-state index contributed by atoms with van der Waals surface area (Å²) in [4.78, 5) is 16.7. The van der Waals surface area contributed by atoms with Crippen LogP contribution in [-0.4, -0.2) is 30.1 Å². The molecular weight excluding hydrogens is 274 g/mol. The topological polar surface area (TPSA) is 77.2 Å². The Hall–Kier alpha value is -0.980. The largest absolute Gasteiger partial charge is 0.381 e. The Morgan fingerprint density at radius 1 is 1.60 bits per heavy atom. The molecule has 3 N–H and O–H groups in total. The van der Waals surface area contributed by atoms with Crippen molar-refractivity contribution in [1.82, 2.24) is 10.3 Å². The maximum Gasteiger partial charge on any atom is 0.237 e. The molecule has 112 valence electrons. The van der Waals surface area contributed by atoms with E-state index < -0.39 is 6.04 Å². The number of ether oxygens (including phenoxy) is 1. The lowest BCUT2D eigenvalue weighted by atomic mass is 9.91. The fourth-order valence-corrected chi connectivity index (χ4v) is 3.36. The van der Waals surface area contributed by atoms with E-state index in [0.29, 0.717) is 13.2 Å². The fourth-order valence-electron chi connectivity index (χ4n) is 2.43. The monoisotopic (exact) mass is 297 g/mol. The van der Waals surface area contributed by atoms with Gasteiger partial charge in [0.25, 0.3) is 0 Å². The van der Waals surface area contributed by atoms with E-state index >= 15 is 0 Å². The zero-order valence-electron chi connectivity index (χ0n) is 12.1. The average molecular weight is 297 g/mol. The maximum atomic E-state index is 12.3. The predicted octanol–water partition coefficient (Wildman–Crippen LogP) is 1.77. The van der Waals surface area contributed by atoms with Crippen molar-refractivity contribution in [3.63, 3.8) is 0 Å². The molecule has 1 aromatic rings. The van der Waals surface area contributed by atoms with E-state index in [1.54, 1.807) is 11.3 Å². The molecule has 1 aliphatic rings. The number of thiazole rings is 1. The van der Waals surface area contributed by atoms with Crippen molar-refractivity contribution in [1.29, 1.82) is 0 Å². The highest BCUT2D eigenvalue weighted by Crippen LogP contribution is 2.22. The van der Waals surface area contributed by atoms with Gasteiger partial charge in [0.2, 0.25) is 5.91 Å². The summed E-state index contributed by atoms with van der Waals surface area (Å²) in [5.74, 6) is 0.149. The number of carbonyl (C=O) groups is 1. The van der Waals surface area contributed by atoms with Gasteiger partial charge in [0.15, 0.2) is 0 Å². The Balaban J connectivity index is 1.94. The van der Waals surface area contributed by atoms with Crippen LogP contribution in [0.1, 0.15) is 42.9 Å². The first-order valence-electron chi connectivity index (χ1n) is 7.17. The van der Waals surface area contributed by atoms with Crippen LogP contribution in [0, 0.1) is 12.8 Å². The molecule has 20 heavy (non-hydrogen) atoms. The van der Waals surface area contributed by atoms with Crippen molar-refractivity contribution < 1.29 is 9.53 Å². The number of aromatic nitrogens is 1. The second-order valence-corrected chi connectivity index (χ2v) is 6.16. The molecule has 2 atom stereocenters. The first-order valence-corrected chi connectivity index (χ1v) is 8.05. The lowest BCUT2D eigenvalue weighted by molar-refractivity contribution is -0.125. The van der Waals surface area contributed by atoms with E-state index in [1.807, 2.05) is 19.2 Å². The SMILES string of the molecule is CCC(NC(=O)C(N)C1CCOCC1)c1nc(C)cs1. The highest BCUT2D eigenvalue weighted by Gasteiger charge is 2.28. The van der Waals surface area contributed by atoms with Crippen LogP contribution in [0.25, 0.3) is 0 Å². The van der Waals surface area contributed by atoms with Crippen molar-refractivity contribution in [2.75, 3.05) is 13.2 Å². The van der Waals surface area contributed by atoms with Crippen LogP contribution in [0.15, 0.2) is 5.38 Å². The number of nitrogens with one attached hydrogen (secondary N) is 1. The van der Waals surface area contributed by atoms with Gasteiger partial charge in [0.1, 0.15) is 5.01 Å². The lowest BCUT2D eigenvalue weighted by Gasteiger charge is -2.28. The molecular formula is C14H23N3O2S. The highest BCUT2D eigenvalue weighted by molar-refractivity contribution is 7.09. The van der Waals surface area contributed by atoms with Crippen LogP contribution in [0.5, 0.6) is 0 Å². The molecule has 6 heteroatoms. The molecule has 0 aromatic carbocycles. The summed E-state index contributed by atoms with van der Waals surface area (Å²) in [7, 11) is 0. The fraction of sp³-hybridized carbons (Fsp3) is 0.714. The number of rotatable bonds is 5. The summed E-state index contributed by atoms with van der Waals surface area (Å²) < 4.78 is 5.31. The van der Waals surface area contributed by atoms with Gasteiger partial charge in [-0.1, -0.05) is 6.92 Å². The molecule has 1 amide bonds. The zero-order valence-corrected chi connectivity index (χ0v) is 12.9. The molecule has 1 aliphatic heterocycles. The van der Waals surface area contributed by atoms with Gasteiger partial charge in [-0.2, -0.15) is 0 Å². The van der Waals surface area contributed by atoms with Gasteiger partial charge in [0, 0.05) is 24.3 Å². The van der Waals surface area contributed by atoms with Gasteiger partial charge in [-0.3, -0.25) is 4.79 Å². The first-order chi connectivity index (χ1) is 9.61. The van der Waals surface area contributed by atoms with Crippen molar-refractivity contribution in [3.05, 3.63) is 16.1 Å². The minimum atomic E-state index is -0.450. The molecule has 0 spiro atoms. The van der Waals surface area contributed by atoms with Crippen molar-refractivity contribution in [2.24, 2.45) is 11.7 Å². The van der Waals surface area contributed by atoms with Gasteiger partial charge in [0.05, 0.1) is 12.1 Å². The Morgan fingerprint density at radius 2 is 2.30 bits per heavy atom. The summed E-state index contributed by atoms with van der Waals surface area (Å²) >= 11 is 1.58. The number of amides is 1. The molecule has 1 fully saturated rings. The minimum Gasteiger partial charge on any atom is -0.381 e. The Kier molecular flexibility index (Phi) is 5.51. The van der Waals surface area contributed by atoms with Gasteiger partial charge < -0.3 is 15.8 Å². The van der Waals surface area contributed by atoms with Gasteiger partial charge in [-0.25, -0.2) is 4.98 Å². The molecule has 0 bridgehead atoms. The molecule has 2 rings (SSSR count). The minimum absolute atomic E-state index is 0.0351. The van der Waals surface area contributed by atoms with Crippen molar-refractivity contribution >= 4 is 17.2 Å². The summed E-state index contributed by atoms with van der Waals surface area (Å²) in [6.07, 6.45) is 2.54. The predicted molar refractivity (Wildman–Crippen MR) is 79.5 cm³/mol. The molecule has 1 saturated heterocycles. The number of hydrogen-bond acceptors (Lipinski definition) is 5. The van der Waals surface area contributed by atoms with E-state index in [4.69, 9.17) is 10.5 Å². The van der Waals surface area contributed by atoms with Gasteiger partial charge in [-0.05, 0) is 32.1 Å². The van der Waals surface area contributed by atoms with E-state index in [1.165, 1.54) is 0 Å². The molecule has 0 aliphatic carbocycles. The van der Waals surface area contributed by atoms with Crippen LogP contribution in [0.3, 0.4) is 0 Å². The van der Waals surface area contributed by atoms with Gasteiger partial charge in [-0.15, -0.1) is 11.3 Å². The van der Waals surface area contributed by atoms with Crippen molar-refractivity contribution in [3.8, 4) is 0 Å². The average Bonchev–Trinajstić information content (AvgIpc) is 2.91. The smallest absolute Gasteiger partial charge is 0.237 e. The number of hydrogen-bond donors (Lipinski definition) is 2. The third-order valence-corrected chi connectivity index (χ3v) is 4.81. The molecule has 2 unspecified atom stereocenters. The Labute approximate surface area is 123 Å². The Bertz CT molecular complexity index is 443. The lowest BCUT2D eigenvalue weighted by Crippen LogP contribution is -2.48. The number of nitrogens with two attached hydrogens (primary N) is 1. The zero-order chi connectivity index (χ0) is 14.5. The molecule has 1 aromatic heterocycles. The van der Waals surface area contributed by atoms with E-state index in [-0.39, 0.29) is 17.9 Å². The summed E-state index contributed by atoms with van der Waals surface area (Å²) in [6.45, 7) is 5.41. The number of aryl methyl sites for hydroxylation is 1. The third-order valence-electron chi connectivity index (χ3n) is 3.74. The van der Waals surface area contributed by atoms with Crippen LogP contribution >= 0.6 is 11.3 Å². The quantitative estimate of drug-likeness (QED) is 0.868. The standard InChI is InChI=1S/C14H23N3O2S/c1-3-11(14-16-9(2)8-20-14)17-13(18)12(15)10-4-6-19-7-5-10/h8,10-12H,3-7,15H2,1-2H3,(H,17,18). The highest BCUT2D eigenvalue weighted by atomic mass is 32.1. The van der Waals surface area contributed by atoms with Crippen molar-refractivity contribution in [2.45, 2.75) is 45.2 Å². The van der Waals surface area contributed by atoms with Crippen LogP contribution in [0.4, 0.5) is 0 Å². The van der Waals surface area contributed by atoms with E-state index in [0.717, 1.165) is 30.0 Å². The number of nitrogens with zero attached hydrogens (tertiary/aromatic N) is 1.